The van der Waals surface area contributed by atoms with Gasteiger partial charge in [-0.2, -0.15) is 4.98 Å². The van der Waals surface area contributed by atoms with E-state index in [1.54, 1.807) is 6.20 Å². The van der Waals surface area contributed by atoms with E-state index in [0.29, 0.717) is 30.4 Å². The van der Waals surface area contributed by atoms with Gasteiger partial charge in [-0.05, 0) is 24.3 Å². The lowest BCUT2D eigenvalue weighted by Gasteiger charge is -2.37. The van der Waals surface area contributed by atoms with Crippen molar-refractivity contribution in [2.75, 3.05) is 44.7 Å². The number of anilines is 1. The van der Waals surface area contributed by atoms with Crippen molar-refractivity contribution in [2.24, 2.45) is 4.99 Å². The maximum Gasteiger partial charge on any atom is 0.276 e. The highest BCUT2D eigenvalue weighted by atomic mass is 127. The average molecular weight is 519 g/mol. The third kappa shape index (κ3) is 5.47. The summed E-state index contributed by atoms with van der Waals surface area (Å²) in [7, 11) is 1.82. The molecule has 30 heavy (non-hydrogen) atoms. The Bertz CT molecular complexity index is 925. The minimum Gasteiger partial charge on any atom is -0.368 e. The monoisotopic (exact) mass is 519 g/mol. The molecule has 0 radical (unpaired) electrons. The first-order valence-electron chi connectivity index (χ1n) is 9.83. The normalized spacial score (nSPS) is 14.4. The molecule has 1 N–H and O–H groups in total. The maximum atomic E-state index is 5.31. The fourth-order valence-electron chi connectivity index (χ4n) is 3.38. The van der Waals surface area contributed by atoms with Crippen LogP contribution in [0.4, 0.5) is 5.69 Å². The number of nitrogens with one attached hydrogen (secondary N) is 1. The van der Waals surface area contributed by atoms with E-state index >= 15 is 0 Å². The van der Waals surface area contributed by atoms with Gasteiger partial charge in [0.1, 0.15) is 5.69 Å². The van der Waals surface area contributed by atoms with Crippen LogP contribution in [-0.2, 0) is 6.42 Å². The molecule has 0 spiro atoms. The Hall–Kier alpha value is -2.69. The van der Waals surface area contributed by atoms with Crippen molar-refractivity contribution in [2.45, 2.75) is 6.42 Å². The molecule has 3 heterocycles. The number of benzene rings is 1. The summed E-state index contributed by atoms with van der Waals surface area (Å²) in [5.41, 5.74) is 1.96. The second kappa shape index (κ2) is 10.9. The number of aliphatic imine (C=N–C) groups is 1. The van der Waals surface area contributed by atoms with Gasteiger partial charge in [-0.25, -0.2) is 0 Å². The van der Waals surface area contributed by atoms with Crippen LogP contribution < -0.4 is 10.2 Å². The summed E-state index contributed by atoms with van der Waals surface area (Å²) in [6, 6.07) is 16.1. The molecular formula is C21H26IN7O. The van der Waals surface area contributed by atoms with Gasteiger partial charge in [0.15, 0.2) is 11.8 Å². The third-order valence-electron chi connectivity index (χ3n) is 4.90. The molecular weight excluding hydrogens is 493 g/mol. The van der Waals surface area contributed by atoms with E-state index in [0.717, 1.165) is 32.1 Å². The van der Waals surface area contributed by atoms with Crippen LogP contribution in [0.15, 0.2) is 64.2 Å². The van der Waals surface area contributed by atoms with E-state index in [1.807, 2.05) is 25.2 Å². The third-order valence-corrected chi connectivity index (χ3v) is 4.90. The zero-order valence-electron chi connectivity index (χ0n) is 16.9. The Morgan fingerprint density at radius 1 is 1.07 bits per heavy atom. The highest BCUT2D eigenvalue weighted by Gasteiger charge is 2.19. The molecule has 0 saturated carbocycles. The van der Waals surface area contributed by atoms with Crippen molar-refractivity contribution in [3.05, 3.63) is 60.6 Å². The molecule has 0 aliphatic carbocycles. The molecule has 9 heteroatoms. The molecule has 1 fully saturated rings. The van der Waals surface area contributed by atoms with Crippen LogP contribution in [0.25, 0.3) is 11.6 Å². The van der Waals surface area contributed by atoms with Gasteiger partial charge < -0.3 is 19.6 Å². The van der Waals surface area contributed by atoms with Gasteiger partial charge in [0.25, 0.3) is 5.89 Å². The SMILES string of the molecule is CN=C(NCCc1noc(-c2ccccn2)n1)N1CCN(c2ccccc2)CC1.I. The summed E-state index contributed by atoms with van der Waals surface area (Å²) < 4.78 is 5.31. The lowest BCUT2D eigenvalue weighted by Crippen LogP contribution is -2.52. The summed E-state index contributed by atoms with van der Waals surface area (Å²) in [4.78, 5) is 17.8. The number of pyridine rings is 1. The van der Waals surface area contributed by atoms with E-state index in [4.69, 9.17) is 4.52 Å². The number of aromatic nitrogens is 3. The van der Waals surface area contributed by atoms with Gasteiger partial charge in [-0.3, -0.25) is 9.98 Å². The van der Waals surface area contributed by atoms with Gasteiger partial charge in [-0.1, -0.05) is 29.4 Å². The minimum atomic E-state index is 0. The second-order valence-corrected chi connectivity index (χ2v) is 6.76. The maximum absolute atomic E-state index is 5.31. The molecule has 0 unspecified atom stereocenters. The molecule has 158 valence electrons. The van der Waals surface area contributed by atoms with Crippen LogP contribution in [0.2, 0.25) is 0 Å². The summed E-state index contributed by atoms with van der Waals surface area (Å²) in [6.07, 6.45) is 2.36. The average Bonchev–Trinajstić information content (AvgIpc) is 3.27. The van der Waals surface area contributed by atoms with Gasteiger partial charge in [-0.15, -0.1) is 24.0 Å². The van der Waals surface area contributed by atoms with Gasteiger partial charge >= 0.3 is 0 Å². The number of halogens is 1. The minimum absolute atomic E-state index is 0. The molecule has 8 nitrogen and oxygen atoms in total. The summed E-state index contributed by atoms with van der Waals surface area (Å²) in [5, 5.41) is 7.46. The van der Waals surface area contributed by atoms with Gasteiger partial charge in [0, 0.05) is 58.1 Å². The Morgan fingerprint density at radius 2 is 1.83 bits per heavy atom. The quantitative estimate of drug-likeness (QED) is 0.316. The molecule has 2 aromatic heterocycles. The summed E-state index contributed by atoms with van der Waals surface area (Å²) in [6.45, 7) is 4.50. The van der Waals surface area contributed by atoms with E-state index in [2.05, 4.69) is 65.6 Å². The van der Waals surface area contributed by atoms with Crippen molar-refractivity contribution in [1.29, 1.82) is 0 Å². The smallest absolute Gasteiger partial charge is 0.276 e. The zero-order chi connectivity index (χ0) is 19.9. The largest absolute Gasteiger partial charge is 0.368 e. The highest BCUT2D eigenvalue weighted by molar-refractivity contribution is 14.0. The molecule has 4 rings (SSSR count). The van der Waals surface area contributed by atoms with Crippen LogP contribution in [0.3, 0.4) is 0 Å². The molecule has 1 aromatic carbocycles. The number of hydrogen-bond donors (Lipinski definition) is 1. The number of nitrogens with zero attached hydrogens (tertiary/aromatic N) is 6. The highest BCUT2D eigenvalue weighted by Crippen LogP contribution is 2.16. The lowest BCUT2D eigenvalue weighted by molar-refractivity contribution is 0.372. The molecule has 1 aliphatic rings. The predicted molar refractivity (Wildman–Crippen MR) is 128 cm³/mol. The van der Waals surface area contributed by atoms with Gasteiger partial charge in [0.05, 0.1) is 0 Å². The number of rotatable bonds is 5. The number of hydrogen-bond acceptors (Lipinski definition) is 6. The van der Waals surface area contributed by atoms with Crippen molar-refractivity contribution in [3.63, 3.8) is 0 Å². The van der Waals surface area contributed by atoms with Crippen LogP contribution in [0.1, 0.15) is 5.82 Å². The summed E-state index contributed by atoms with van der Waals surface area (Å²) in [5.74, 6) is 2.01. The Balaban J connectivity index is 0.00000256. The molecule has 3 aromatic rings. The van der Waals surface area contributed by atoms with E-state index in [1.165, 1.54) is 5.69 Å². The standard InChI is InChI=1S/C21H25N7O.HI/c1-22-21(28-15-13-27(14-16-28)17-7-3-2-4-8-17)24-12-10-19-25-20(29-26-19)18-9-5-6-11-23-18;/h2-9,11H,10,12-16H2,1H3,(H,22,24);1H. The first-order valence-corrected chi connectivity index (χ1v) is 9.83. The van der Waals surface area contributed by atoms with E-state index in [9.17, 15) is 0 Å². The lowest BCUT2D eigenvalue weighted by atomic mass is 10.2. The fourth-order valence-corrected chi connectivity index (χ4v) is 3.38. The van der Waals surface area contributed by atoms with Crippen molar-refractivity contribution < 1.29 is 4.52 Å². The summed E-state index contributed by atoms with van der Waals surface area (Å²) >= 11 is 0. The van der Waals surface area contributed by atoms with Crippen LogP contribution in [0, 0.1) is 0 Å². The zero-order valence-corrected chi connectivity index (χ0v) is 19.3. The van der Waals surface area contributed by atoms with E-state index < -0.39 is 0 Å². The first kappa shape index (κ1) is 22.0. The second-order valence-electron chi connectivity index (χ2n) is 6.76. The van der Waals surface area contributed by atoms with Crippen LogP contribution in [0.5, 0.6) is 0 Å². The molecule has 0 atom stereocenters. The van der Waals surface area contributed by atoms with Crippen LogP contribution >= 0.6 is 24.0 Å². The topological polar surface area (TPSA) is 82.7 Å². The molecule has 1 saturated heterocycles. The van der Waals surface area contributed by atoms with Gasteiger partial charge in [0.2, 0.25) is 0 Å². The molecule has 0 amide bonds. The van der Waals surface area contributed by atoms with Crippen molar-refractivity contribution in [1.82, 2.24) is 25.3 Å². The van der Waals surface area contributed by atoms with Crippen molar-refractivity contribution >= 4 is 35.6 Å². The number of para-hydroxylation sites is 1. The Morgan fingerprint density at radius 3 is 2.53 bits per heavy atom. The Kier molecular flexibility index (Phi) is 8.00. The fraction of sp³-hybridized carbons (Fsp3) is 0.333. The van der Waals surface area contributed by atoms with E-state index in [-0.39, 0.29) is 24.0 Å². The first-order chi connectivity index (χ1) is 14.3. The molecule has 0 bridgehead atoms. The number of piperazine rings is 1. The van der Waals surface area contributed by atoms with Crippen LogP contribution in [-0.4, -0.2) is 65.8 Å². The Labute approximate surface area is 193 Å². The molecule has 1 aliphatic heterocycles. The predicted octanol–water partition coefficient (Wildman–Crippen LogP) is 2.69. The number of guanidine groups is 1. The van der Waals surface area contributed by atoms with Crippen molar-refractivity contribution in [3.8, 4) is 11.6 Å².